The van der Waals surface area contributed by atoms with Crippen LogP contribution in [0.2, 0.25) is 0 Å². The summed E-state index contributed by atoms with van der Waals surface area (Å²) in [5.41, 5.74) is 0. The summed E-state index contributed by atoms with van der Waals surface area (Å²) in [5.74, 6) is 0. The molecule has 0 radical (unpaired) electrons. The Morgan fingerprint density at radius 2 is 1.60 bits per heavy atom. The summed E-state index contributed by atoms with van der Waals surface area (Å²) in [6.45, 7) is 2.05. The van der Waals surface area contributed by atoms with Crippen molar-refractivity contribution in [3.63, 3.8) is 0 Å². The van der Waals surface area contributed by atoms with Crippen LogP contribution in [-0.2, 0) is 4.74 Å². The Kier molecular flexibility index (Phi) is 4.70. The fraction of sp³-hybridized carbons (Fsp3) is 1.00. The van der Waals surface area contributed by atoms with E-state index in [1.54, 1.807) is 0 Å². The van der Waals surface area contributed by atoms with Gasteiger partial charge in [-0.1, -0.05) is 22.6 Å². The van der Waals surface area contributed by atoms with Crippen molar-refractivity contribution in [1.29, 1.82) is 0 Å². The van der Waals surface area contributed by atoms with Gasteiger partial charge in [0.05, 0.1) is 6.61 Å². The minimum Gasteiger partial charge on any atom is -0.383 e. The molecule has 2 saturated carbocycles. The van der Waals surface area contributed by atoms with Crippen LogP contribution in [0.5, 0.6) is 0 Å². The third-order valence-electron chi connectivity index (χ3n) is 3.66. The summed E-state index contributed by atoms with van der Waals surface area (Å²) in [4.78, 5) is 2.73. The van der Waals surface area contributed by atoms with E-state index in [1.165, 1.54) is 38.5 Å². The largest absolute Gasteiger partial charge is 0.383 e. The molecule has 0 saturated heterocycles. The predicted molar refractivity (Wildman–Crippen MR) is 71.7 cm³/mol. The second-order valence-electron chi connectivity index (χ2n) is 4.87. The maximum atomic E-state index is 5.22. The van der Waals surface area contributed by atoms with Crippen molar-refractivity contribution < 1.29 is 4.74 Å². The molecule has 0 aromatic rings. The molecular weight excluding hydrogens is 301 g/mol. The Morgan fingerprint density at radius 1 is 1.07 bits per heavy atom. The maximum absolute atomic E-state index is 5.22. The lowest BCUT2D eigenvalue weighted by molar-refractivity contribution is 0.0974. The standard InChI is InChI=1S/C12H22INO/c1-15-9-8-14(12-6-7-12)11-4-2-10(13)3-5-11/h10-12H,2-9H2,1H3. The van der Waals surface area contributed by atoms with E-state index in [2.05, 4.69) is 27.5 Å². The van der Waals surface area contributed by atoms with Crippen molar-refractivity contribution in [3.8, 4) is 0 Å². The molecule has 0 spiro atoms. The molecule has 0 heterocycles. The van der Waals surface area contributed by atoms with Gasteiger partial charge in [0, 0.05) is 29.7 Å². The van der Waals surface area contributed by atoms with Gasteiger partial charge < -0.3 is 4.74 Å². The number of rotatable bonds is 5. The van der Waals surface area contributed by atoms with Crippen LogP contribution >= 0.6 is 22.6 Å². The molecule has 0 unspecified atom stereocenters. The summed E-state index contributed by atoms with van der Waals surface area (Å²) >= 11 is 2.61. The van der Waals surface area contributed by atoms with Crippen molar-refractivity contribution >= 4 is 22.6 Å². The summed E-state index contributed by atoms with van der Waals surface area (Å²) in [6, 6.07) is 1.76. The second kappa shape index (κ2) is 5.82. The van der Waals surface area contributed by atoms with Gasteiger partial charge in [-0.25, -0.2) is 0 Å². The first-order valence-corrected chi connectivity index (χ1v) is 7.44. The van der Waals surface area contributed by atoms with Crippen LogP contribution in [0, 0.1) is 0 Å². The average Bonchev–Trinajstić information content (AvgIpc) is 3.05. The average molecular weight is 323 g/mol. The molecular formula is C12H22INO. The lowest BCUT2D eigenvalue weighted by Crippen LogP contribution is -2.41. The fourth-order valence-electron chi connectivity index (χ4n) is 2.63. The zero-order valence-electron chi connectivity index (χ0n) is 9.62. The number of ether oxygens (including phenoxy) is 1. The van der Waals surface area contributed by atoms with Gasteiger partial charge in [0.15, 0.2) is 0 Å². The molecule has 2 aliphatic rings. The fourth-order valence-corrected chi connectivity index (χ4v) is 3.35. The SMILES string of the molecule is COCCN(C1CCC(I)CC1)C1CC1. The second-order valence-corrected chi connectivity index (χ2v) is 6.63. The van der Waals surface area contributed by atoms with Gasteiger partial charge in [-0.15, -0.1) is 0 Å². The zero-order valence-corrected chi connectivity index (χ0v) is 11.8. The van der Waals surface area contributed by atoms with Gasteiger partial charge in [0.25, 0.3) is 0 Å². The molecule has 0 aromatic heterocycles. The number of methoxy groups -OCH3 is 1. The molecule has 15 heavy (non-hydrogen) atoms. The van der Waals surface area contributed by atoms with Crippen molar-refractivity contribution in [2.24, 2.45) is 0 Å². The number of halogens is 1. The molecule has 2 fully saturated rings. The zero-order chi connectivity index (χ0) is 10.7. The molecule has 2 aliphatic carbocycles. The highest BCUT2D eigenvalue weighted by atomic mass is 127. The minimum absolute atomic E-state index is 0.860. The first kappa shape index (κ1) is 12.1. The van der Waals surface area contributed by atoms with E-state index in [1.807, 2.05) is 7.11 Å². The third kappa shape index (κ3) is 3.56. The van der Waals surface area contributed by atoms with Gasteiger partial charge in [-0.05, 0) is 38.5 Å². The van der Waals surface area contributed by atoms with E-state index in [4.69, 9.17) is 4.74 Å². The van der Waals surface area contributed by atoms with Crippen LogP contribution in [0.4, 0.5) is 0 Å². The highest BCUT2D eigenvalue weighted by molar-refractivity contribution is 14.1. The number of nitrogens with zero attached hydrogens (tertiary/aromatic N) is 1. The van der Waals surface area contributed by atoms with Crippen molar-refractivity contribution in [1.82, 2.24) is 4.90 Å². The monoisotopic (exact) mass is 323 g/mol. The normalized spacial score (nSPS) is 32.2. The van der Waals surface area contributed by atoms with Crippen LogP contribution in [0.3, 0.4) is 0 Å². The van der Waals surface area contributed by atoms with E-state index >= 15 is 0 Å². The Balaban J connectivity index is 1.81. The lowest BCUT2D eigenvalue weighted by Gasteiger charge is -2.35. The quantitative estimate of drug-likeness (QED) is 0.570. The molecule has 0 amide bonds. The van der Waals surface area contributed by atoms with Gasteiger partial charge >= 0.3 is 0 Å². The Morgan fingerprint density at radius 3 is 2.07 bits per heavy atom. The van der Waals surface area contributed by atoms with E-state index in [0.717, 1.165) is 29.2 Å². The van der Waals surface area contributed by atoms with Crippen LogP contribution in [0.15, 0.2) is 0 Å². The number of hydrogen-bond donors (Lipinski definition) is 0. The molecule has 3 heteroatoms. The summed E-state index contributed by atoms with van der Waals surface area (Å²) in [7, 11) is 1.81. The van der Waals surface area contributed by atoms with E-state index < -0.39 is 0 Å². The van der Waals surface area contributed by atoms with Gasteiger partial charge in [-0.2, -0.15) is 0 Å². The minimum atomic E-state index is 0.860. The molecule has 88 valence electrons. The van der Waals surface area contributed by atoms with Gasteiger partial charge in [-0.3, -0.25) is 4.90 Å². The third-order valence-corrected chi connectivity index (χ3v) is 4.91. The molecule has 0 aliphatic heterocycles. The van der Waals surface area contributed by atoms with Crippen molar-refractivity contribution in [2.75, 3.05) is 20.3 Å². The Hall–Kier alpha value is 0.650. The molecule has 0 atom stereocenters. The summed E-state index contributed by atoms with van der Waals surface area (Å²) in [5, 5.41) is 0. The molecule has 2 nitrogen and oxygen atoms in total. The molecule has 2 rings (SSSR count). The van der Waals surface area contributed by atoms with Gasteiger partial charge in [0.2, 0.25) is 0 Å². The molecule has 0 aromatic carbocycles. The Bertz CT molecular complexity index is 188. The predicted octanol–water partition coefficient (Wildman–Crippen LogP) is 2.84. The van der Waals surface area contributed by atoms with Crippen LogP contribution in [0.1, 0.15) is 38.5 Å². The smallest absolute Gasteiger partial charge is 0.0589 e. The first-order chi connectivity index (χ1) is 7.31. The van der Waals surface area contributed by atoms with E-state index in [9.17, 15) is 0 Å². The first-order valence-electron chi connectivity index (χ1n) is 6.20. The van der Waals surface area contributed by atoms with E-state index in [-0.39, 0.29) is 0 Å². The topological polar surface area (TPSA) is 12.5 Å². The van der Waals surface area contributed by atoms with Crippen LogP contribution in [-0.4, -0.2) is 41.2 Å². The van der Waals surface area contributed by atoms with E-state index in [0.29, 0.717) is 0 Å². The lowest BCUT2D eigenvalue weighted by atomic mass is 9.94. The van der Waals surface area contributed by atoms with Crippen molar-refractivity contribution in [2.45, 2.75) is 54.5 Å². The molecule has 0 N–H and O–H groups in total. The van der Waals surface area contributed by atoms with Gasteiger partial charge in [0.1, 0.15) is 0 Å². The maximum Gasteiger partial charge on any atom is 0.0589 e. The highest BCUT2D eigenvalue weighted by Crippen LogP contribution is 2.34. The summed E-state index contributed by atoms with van der Waals surface area (Å²) < 4.78 is 6.15. The molecule has 0 bridgehead atoms. The highest BCUT2D eigenvalue weighted by Gasteiger charge is 2.34. The number of hydrogen-bond acceptors (Lipinski definition) is 2. The van der Waals surface area contributed by atoms with Crippen molar-refractivity contribution in [3.05, 3.63) is 0 Å². The number of alkyl halides is 1. The Labute approximate surface area is 107 Å². The van der Waals surface area contributed by atoms with Crippen LogP contribution in [0.25, 0.3) is 0 Å². The summed E-state index contributed by atoms with van der Waals surface area (Å²) in [6.07, 6.45) is 8.51. The van der Waals surface area contributed by atoms with Crippen LogP contribution < -0.4 is 0 Å².